The third-order valence-electron chi connectivity index (χ3n) is 6.08. The lowest BCUT2D eigenvalue weighted by Crippen LogP contribution is -1.98. The third-order valence-corrected chi connectivity index (χ3v) is 6.08. The van der Waals surface area contributed by atoms with Crippen molar-refractivity contribution < 1.29 is 28.4 Å². The molecule has 0 N–H and O–H groups in total. The second-order valence-electron chi connectivity index (χ2n) is 7.92. The normalized spacial score (nSPS) is 10.5. The van der Waals surface area contributed by atoms with E-state index in [9.17, 15) is 0 Å². The van der Waals surface area contributed by atoms with Gasteiger partial charge in [0.2, 0.25) is 11.5 Å². The van der Waals surface area contributed by atoms with E-state index in [2.05, 4.69) is 24.3 Å². The minimum absolute atomic E-state index is 0.537. The fourth-order valence-corrected chi connectivity index (χ4v) is 4.42. The molecule has 6 heteroatoms. The maximum atomic E-state index is 5.67. The fraction of sp³-hybridized carbons (Fsp3) is 0.200. The first-order chi connectivity index (χ1) is 17.6. The number of hydrogen-bond donors (Lipinski definition) is 0. The second kappa shape index (κ2) is 11.0. The smallest absolute Gasteiger partial charge is 0.203 e. The molecule has 0 aromatic heterocycles. The highest BCUT2D eigenvalue weighted by molar-refractivity contribution is 5.96. The molecule has 0 fully saturated rings. The highest BCUT2D eigenvalue weighted by Crippen LogP contribution is 2.48. The first kappa shape index (κ1) is 24.8. The van der Waals surface area contributed by atoms with Gasteiger partial charge >= 0.3 is 0 Å². The summed E-state index contributed by atoms with van der Waals surface area (Å²) < 4.78 is 33.7. The van der Waals surface area contributed by atoms with E-state index in [1.54, 1.807) is 42.7 Å². The van der Waals surface area contributed by atoms with Gasteiger partial charge in [-0.3, -0.25) is 0 Å². The second-order valence-corrected chi connectivity index (χ2v) is 7.92. The molecule has 0 aliphatic heterocycles. The van der Waals surface area contributed by atoms with Gasteiger partial charge in [-0.05, 0) is 57.6 Å². The fourth-order valence-electron chi connectivity index (χ4n) is 4.42. The molecular formula is C30H30O6. The molecule has 6 nitrogen and oxygen atoms in total. The minimum Gasteiger partial charge on any atom is -0.493 e. The van der Waals surface area contributed by atoms with Crippen molar-refractivity contribution in [3.05, 3.63) is 72.8 Å². The summed E-state index contributed by atoms with van der Waals surface area (Å²) in [5.41, 5.74) is 5.92. The lowest BCUT2D eigenvalue weighted by atomic mass is 9.87. The molecule has 0 saturated carbocycles. The first-order valence-electron chi connectivity index (χ1n) is 11.4. The lowest BCUT2D eigenvalue weighted by molar-refractivity contribution is 0.324. The van der Waals surface area contributed by atoms with E-state index < -0.39 is 0 Å². The summed E-state index contributed by atoms with van der Waals surface area (Å²) >= 11 is 0. The summed E-state index contributed by atoms with van der Waals surface area (Å²) in [5.74, 6) is 3.38. The minimum atomic E-state index is 0.537. The predicted molar refractivity (Wildman–Crippen MR) is 142 cm³/mol. The van der Waals surface area contributed by atoms with Crippen LogP contribution in [-0.2, 0) is 0 Å². The Morgan fingerprint density at radius 3 is 1.22 bits per heavy atom. The Labute approximate surface area is 211 Å². The van der Waals surface area contributed by atoms with Crippen molar-refractivity contribution >= 4 is 0 Å². The van der Waals surface area contributed by atoms with Gasteiger partial charge in [-0.1, -0.05) is 48.5 Å². The van der Waals surface area contributed by atoms with Crippen molar-refractivity contribution in [2.45, 2.75) is 0 Å². The van der Waals surface area contributed by atoms with E-state index in [1.165, 1.54) is 0 Å². The Bertz CT molecular complexity index is 1300. The number of methoxy groups -OCH3 is 6. The van der Waals surface area contributed by atoms with Gasteiger partial charge in [0.25, 0.3) is 0 Å². The summed E-state index contributed by atoms with van der Waals surface area (Å²) in [7, 11) is 9.65. The zero-order chi connectivity index (χ0) is 25.7. The van der Waals surface area contributed by atoms with Crippen LogP contribution >= 0.6 is 0 Å². The lowest BCUT2D eigenvalue weighted by Gasteiger charge is -2.20. The summed E-state index contributed by atoms with van der Waals surface area (Å²) in [6.07, 6.45) is 0. The standard InChI is InChI=1S/C30H30O6/c1-31-24-15-20(16-25(32-2)29(24)35-5)23-14-10-13-22(19-11-8-7-9-12-19)28(23)21-17-26(33-3)30(36-6)27(18-21)34-4/h7-18H,1-6H3. The van der Waals surface area contributed by atoms with E-state index in [4.69, 9.17) is 28.4 Å². The highest BCUT2D eigenvalue weighted by Gasteiger charge is 2.21. The molecule has 0 amide bonds. The van der Waals surface area contributed by atoms with Crippen LogP contribution in [0.5, 0.6) is 34.5 Å². The van der Waals surface area contributed by atoms with Crippen LogP contribution in [0, 0.1) is 0 Å². The van der Waals surface area contributed by atoms with Crippen LogP contribution in [0.2, 0.25) is 0 Å². The quantitative estimate of drug-likeness (QED) is 0.261. The van der Waals surface area contributed by atoms with E-state index >= 15 is 0 Å². The topological polar surface area (TPSA) is 55.4 Å². The van der Waals surface area contributed by atoms with Gasteiger partial charge in [-0.2, -0.15) is 0 Å². The Kier molecular flexibility index (Phi) is 7.54. The van der Waals surface area contributed by atoms with Gasteiger partial charge in [0, 0.05) is 0 Å². The summed E-state index contributed by atoms with van der Waals surface area (Å²) in [5, 5.41) is 0. The first-order valence-corrected chi connectivity index (χ1v) is 11.4. The molecule has 0 spiro atoms. The Hall–Kier alpha value is -4.32. The molecule has 4 rings (SSSR count). The number of rotatable bonds is 9. The Balaban J connectivity index is 2.09. The van der Waals surface area contributed by atoms with Gasteiger partial charge in [0.1, 0.15) is 0 Å². The van der Waals surface area contributed by atoms with Crippen LogP contribution in [0.25, 0.3) is 33.4 Å². The van der Waals surface area contributed by atoms with Crippen molar-refractivity contribution in [2.24, 2.45) is 0 Å². The molecule has 0 atom stereocenters. The molecule has 0 bridgehead atoms. The van der Waals surface area contributed by atoms with Gasteiger partial charge in [0.15, 0.2) is 23.0 Å². The van der Waals surface area contributed by atoms with Gasteiger partial charge in [-0.15, -0.1) is 0 Å². The maximum Gasteiger partial charge on any atom is 0.203 e. The molecule has 0 aliphatic carbocycles. The molecule has 0 saturated heterocycles. The number of benzene rings is 4. The number of hydrogen-bond acceptors (Lipinski definition) is 6. The SMILES string of the molecule is COc1cc(-c2cccc(-c3ccccc3)c2-c2cc(OC)c(OC)c(OC)c2)cc(OC)c1OC. The molecule has 4 aromatic carbocycles. The van der Waals surface area contributed by atoms with Crippen LogP contribution in [-0.4, -0.2) is 42.7 Å². The summed E-state index contributed by atoms with van der Waals surface area (Å²) in [4.78, 5) is 0. The van der Waals surface area contributed by atoms with Crippen LogP contribution < -0.4 is 28.4 Å². The van der Waals surface area contributed by atoms with Gasteiger partial charge in [0.05, 0.1) is 42.7 Å². The summed E-state index contributed by atoms with van der Waals surface area (Å²) in [6.45, 7) is 0. The third kappa shape index (κ3) is 4.50. The molecule has 0 heterocycles. The van der Waals surface area contributed by atoms with Crippen LogP contribution in [0.15, 0.2) is 72.8 Å². The van der Waals surface area contributed by atoms with Crippen molar-refractivity contribution in [1.82, 2.24) is 0 Å². The van der Waals surface area contributed by atoms with E-state index in [0.29, 0.717) is 34.5 Å². The zero-order valence-corrected chi connectivity index (χ0v) is 21.4. The van der Waals surface area contributed by atoms with Gasteiger partial charge in [-0.25, -0.2) is 0 Å². The highest BCUT2D eigenvalue weighted by atomic mass is 16.5. The average Bonchev–Trinajstić information content (AvgIpc) is 2.95. The molecular weight excluding hydrogens is 456 g/mol. The Morgan fingerprint density at radius 2 is 0.806 bits per heavy atom. The zero-order valence-electron chi connectivity index (χ0n) is 21.4. The van der Waals surface area contributed by atoms with Crippen molar-refractivity contribution in [3.8, 4) is 67.9 Å². The van der Waals surface area contributed by atoms with Gasteiger partial charge < -0.3 is 28.4 Å². The van der Waals surface area contributed by atoms with Crippen molar-refractivity contribution in [1.29, 1.82) is 0 Å². The molecule has 4 aromatic rings. The maximum absolute atomic E-state index is 5.67. The predicted octanol–water partition coefficient (Wildman–Crippen LogP) is 6.74. The van der Waals surface area contributed by atoms with Crippen LogP contribution in [0.3, 0.4) is 0 Å². The molecule has 186 valence electrons. The molecule has 0 unspecified atom stereocenters. The average molecular weight is 487 g/mol. The molecule has 36 heavy (non-hydrogen) atoms. The van der Waals surface area contributed by atoms with E-state index in [0.717, 1.165) is 33.4 Å². The largest absolute Gasteiger partial charge is 0.493 e. The summed E-state index contributed by atoms with van der Waals surface area (Å²) in [6, 6.07) is 24.3. The monoisotopic (exact) mass is 486 g/mol. The van der Waals surface area contributed by atoms with Crippen molar-refractivity contribution in [3.63, 3.8) is 0 Å². The van der Waals surface area contributed by atoms with Crippen molar-refractivity contribution in [2.75, 3.05) is 42.7 Å². The number of ether oxygens (including phenoxy) is 6. The molecule has 0 aliphatic rings. The molecule has 0 radical (unpaired) electrons. The van der Waals surface area contributed by atoms with Crippen LogP contribution in [0.1, 0.15) is 0 Å². The van der Waals surface area contributed by atoms with E-state index in [-0.39, 0.29) is 0 Å². The van der Waals surface area contributed by atoms with Crippen LogP contribution in [0.4, 0.5) is 0 Å². The Morgan fingerprint density at radius 1 is 0.389 bits per heavy atom. The van der Waals surface area contributed by atoms with E-state index in [1.807, 2.05) is 48.5 Å².